The molecule has 1 fully saturated rings. The molecular weight excluding hydrogens is 188 g/mol. The number of hydrogen-bond acceptors (Lipinski definition) is 4. The molecule has 2 heterocycles. The van der Waals surface area contributed by atoms with Crippen LogP contribution in [0.3, 0.4) is 0 Å². The van der Waals surface area contributed by atoms with E-state index in [1.165, 1.54) is 19.3 Å². The lowest BCUT2D eigenvalue weighted by Gasteiger charge is -2.33. The van der Waals surface area contributed by atoms with Gasteiger partial charge in [-0.3, -0.25) is 0 Å². The van der Waals surface area contributed by atoms with E-state index in [1.54, 1.807) is 0 Å². The van der Waals surface area contributed by atoms with Gasteiger partial charge in [0.2, 0.25) is 0 Å². The average molecular weight is 206 g/mol. The third-order valence-electron chi connectivity index (χ3n) is 3.01. The van der Waals surface area contributed by atoms with Crippen LogP contribution < -0.4 is 10.6 Å². The maximum absolute atomic E-state index is 5.49. The molecular formula is C11H18N4. The Morgan fingerprint density at radius 2 is 2.27 bits per heavy atom. The van der Waals surface area contributed by atoms with Gasteiger partial charge in [0.1, 0.15) is 0 Å². The molecule has 0 radical (unpaired) electrons. The van der Waals surface area contributed by atoms with Crippen LogP contribution in [-0.4, -0.2) is 22.8 Å². The summed E-state index contributed by atoms with van der Waals surface area (Å²) in [7, 11) is 0. The summed E-state index contributed by atoms with van der Waals surface area (Å²) in [5.41, 5.74) is 6.34. The highest BCUT2D eigenvalue weighted by Gasteiger charge is 2.19. The second kappa shape index (κ2) is 4.57. The molecule has 1 aromatic heterocycles. The molecule has 2 N–H and O–H groups in total. The van der Waals surface area contributed by atoms with E-state index < -0.39 is 0 Å². The third kappa shape index (κ3) is 2.26. The lowest BCUT2D eigenvalue weighted by Crippen LogP contribution is -2.38. The van der Waals surface area contributed by atoms with E-state index in [9.17, 15) is 0 Å². The lowest BCUT2D eigenvalue weighted by atomic mass is 10.0. The molecule has 0 spiro atoms. The largest absolute Gasteiger partial charge is 0.352 e. The smallest absolute Gasteiger partial charge is 0.151 e. The van der Waals surface area contributed by atoms with Gasteiger partial charge < -0.3 is 10.6 Å². The Balaban J connectivity index is 2.13. The van der Waals surface area contributed by atoms with E-state index in [4.69, 9.17) is 5.73 Å². The minimum atomic E-state index is 0.461. The first-order chi connectivity index (χ1) is 7.31. The predicted octanol–water partition coefficient (Wildman–Crippen LogP) is 1.31. The molecule has 0 saturated carbocycles. The van der Waals surface area contributed by atoms with Crippen molar-refractivity contribution in [2.24, 2.45) is 5.73 Å². The summed E-state index contributed by atoms with van der Waals surface area (Å²) in [6.07, 6.45) is 3.83. The Labute approximate surface area is 90.5 Å². The van der Waals surface area contributed by atoms with Crippen molar-refractivity contribution < 1.29 is 0 Å². The van der Waals surface area contributed by atoms with E-state index in [0.29, 0.717) is 12.6 Å². The van der Waals surface area contributed by atoms with Gasteiger partial charge in [-0.15, -0.1) is 5.10 Å². The first kappa shape index (κ1) is 10.4. The van der Waals surface area contributed by atoms with E-state index in [-0.39, 0.29) is 0 Å². The second-order valence-corrected chi connectivity index (χ2v) is 4.13. The van der Waals surface area contributed by atoms with Gasteiger partial charge in [-0.25, -0.2) is 0 Å². The summed E-state index contributed by atoms with van der Waals surface area (Å²) >= 11 is 0. The molecule has 15 heavy (non-hydrogen) atoms. The normalized spacial score (nSPS) is 21.7. The van der Waals surface area contributed by atoms with Crippen LogP contribution in [0.1, 0.15) is 31.9 Å². The third-order valence-corrected chi connectivity index (χ3v) is 3.01. The van der Waals surface area contributed by atoms with Crippen LogP contribution in [0.4, 0.5) is 5.82 Å². The number of nitrogens with zero attached hydrogens (tertiary/aromatic N) is 3. The fraction of sp³-hybridized carbons (Fsp3) is 0.636. The molecule has 2 rings (SSSR count). The quantitative estimate of drug-likeness (QED) is 0.792. The van der Waals surface area contributed by atoms with Gasteiger partial charge in [0.05, 0.1) is 5.69 Å². The lowest BCUT2D eigenvalue weighted by molar-refractivity contribution is 0.479. The number of hydrogen-bond donors (Lipinski definition) is 1. The van der Waals surface area contributed by atoms with Gasteiger partial charge in [0.15, 0.2) is 5.82 Å². The van der Waals surface area contributed by atoms with Gasteiger partial charge in [0, 0.05) is 19.1 Å². The van der Waals surface area contributed by atoms with Crippen molar-refractivity contribution in [1.82, 2.24) is 10.2 Å². The number of piperidine rings is 1. The molecule has 0 amide bonds. The Hall–Kier alpha value is -1.16. The summed E-state index contributed by atoms with van der Waals surface area (Å²) in [4.78, 5) is 2.33. The van der Waals surface area contributed by atoms with Crippen LogP contribution in [0, 0.1) is 0 Å². The molecule has 1 aromatic rings. The monoisotopic (exact) mass is 206 g/mol. The average Bonchev–Trinajstić information content (AvgIpc) is 2.30. The molecule has 1 atom stereocenters. The Morgan fingerprint density at radius 1 is 1.40 bits per heavy atom. The van der Waals surface area contributed by atoms with Gasteiger partial charge in [-0.1, -0.05) is 0 Å². The summed E-state index contributed by atoms with van der Waals surface area (Å²) in [5, 5.41) is 8.31. The molecule has 4 heteroatoms. The van der Waals surface area contributed by atoms with Crippen molar-refractivity contribution in [2.45, 2.75) is 38.8 Å². The van der Waals surface area contributed by atoms with Gasteiger partial charge in [-0.2, -0.15) is 5.10 Å². The highest BCUT2D eigenvalue weighted by Crippen LogP contribution is 2.21. The SMILES string of the molecule is CC1CCCCN1c1ccc(CN)nn1. The van der Waals surface area contributed by atoms with Gasteiger partial charge in [-0.05, 0) is 38.3 Å². The molecule has 0 aliphatic carbocycles. The molecule has 0 aromatic carbocycles. The molecule has 82 valence electrons. The molecule has 1 saturated heterocycles. The summed E-state index contributed by atoms with van der Waals surface area (Å²) in [5.74, 6) is 0.986. The first-order valence-corrected chi connectivity index (χ1v) is 5.60. The van der Waals surface area contributed by atoms with E-state index >= 15 is 0 Å². The van der Waals surface area contributed by atoms with Crippen LogP contribution >= 0.6 is 0 Å². The number of anilines is 1. The Bertz CT molecular complexity index is 309. The summed E-state index contributed by atoms with van der Waals surface area (Å²) < 4.78 is 0. The van der Waals surface area contributed by atoms with Crippen LogP contribution in [0.2, 0.25) is 0 Å². The predicted molar refractivity (Wildman–Crippen MR) is 60.6 cm³/mol. The van der Waals surface area contributed by atoms with Crippen molar-refractivity contribution in [1.29, 1.82) is 0 Å². The Morgan fingerprint density at radius 3 is 2.87 bits per heavy atom. The van der Waals surface area contributed by atoms with Crippen LogP contribution in [-0.2, 0) is 6.54 Å². The molecule has 4 nitrogen and oxygen atoms in total. The van der Waals surface area contributed by atoms with Crippen molar-refractivity contribution in [2.75, 3.05) is 11.4 Å². The highest BCUT2D eigenvalue weighted by molar-refractivity contribution is 5.39. The topological polar surface area (TPSA) is 55.0 Å². The summed E-state index contributed by atoms with van der Waals surface area (Å²) in [6.45, 7) is 3.80. The van der Waals surface area contributed by atoms with Crippen molar-refractivity contribution in [3.05, 3.63) is 17.8 Å². The van der Waals surface area contributed by atoms with E-state index in [2.05, 4.69) is 22.0 Å². The molecule has 1 unspecified atom stereocenters. The zero-order valence-corrected chi connectivity index (χ0v) is 9.19. The maximum Gasteiger partial charge on any atom is 0.151 e. The zero-order chi connectivity index (χ0) is 10.7. The van der Waals surface area contributed by atoms with Gasteiger partial charge >= 0.3 is 0 Å². The van der Waals surface area contributed by atoms with Crippen LogP contribution in [0.5, 0.6) is 0 Å². The van der Waals surface area contributed by atoms with E-state index in [0.717, 1.165) is 18.1 Å². The second-order valence-electron chi connectivity index (χ2n) is 4.13. The Kier molecular flexibility index (Phi) is 3.16. The molecule has 1 aliphatic rings. The number of rotatable bonds is 2. The van der Waals surface area contributed by atoms with Crippen LogP contribution in [0.25, 0.3) is 0 Å². The molecule has 1 aliphatic heterocycles. The maximum atomic E-state index is 5.49. The highest BCUT2D eigenvalue weighted by atomic mass is 15.3. The number of aromatic nitrogens is 2. The summed E-state index contributed by atoms with van der Waals surface area (Å²) in [6, 6.07) is 4.57. The first-order valence-electron chi connectivity index (χ1n) is 5.60. The minimum Gasteiger partial charge on any atom is -0.352 e. The van der Waals surface area contributed by atoms with E-state index in [1.807, 2.05) is 12.1 Å². The fourth-order valence-corrected chi connectivity index (χ4v) is 2.05. The van der Waals surface area contributed by atoms with Crippen LogP contribution in [0.15, 0.2) is 12.1 Å². The van der Waals surface area contributed by atoms with Crippen molar-refractivity contribution in [3.8, 4) is 0 Å². The molecule has 0 bridgehead atoms. The van der Waals surface area contributed by atoms with Crippen molar-refractivity contribution in [3.63, 3.8) is 0 Å². The standard InChI is InChI=1S/C11H18N4/c1-9-4-2-3-7-15(9)11-6-5-10(8-12)13-14-11/h5-6,9H,2-4,7-8,12H2,1H3. The van der Waals surface area contributed by atoms with Gasteiger partial charge in [0.25, 0.3) is 0 Å². The number of nitrogens with two attached hydrogens (primary N) is 1. The minimum absolute atomic E-state index is 0.461. The fourth-order valence-electron chi connectivity index (χ4n) is 2.05. The van der Waals surface area contributed by atoms with Crippen molar-refractivity contribution >= 4 is 5.82 Å². The zero-order valence-electron chi connectivity index (χ0n) is 9.19.